The molecule has 2 aliphatic heterocycles. The first-order valence-corrected chi connectivity index (χ1v) is 8.03. The number of anilines is 2. The molecule has 2 fully saturated rings. The number of nitrogens with zero attached hydrogens (tertiary/aromatic N) is 3. The van der Waals surface area contributed by atoms with Crippen LogP contribution in [0, 0.1) is 5.82 Å². The molecule has 0 bridgehead atoms. The molecular formula is C16H20FN3O5. The van der Waals surface area contributed by atoms with Crippen molar-refractivity contribution in [2.75, 3.05) is 49.2 Å². The minimum Gasteiger partial charge on any atom is -0.442 e. The maximum Gasteiger partial charge on any atom is 0.414 e. The van der Waals surface area contributed by atoms with Gasteiger partial charge in [-0.3, -0.25) is 14.9 Å². The number of hydroxylamine groups is 2. The molecule has 3 rings (SSSR count). The summed E-state index contributed by atoms with van der Waals surface area (Å²) < 4.78 is 24.9. The van der Waals surface area contributed by atoms with Gasteiger partial charge in [0.25, 0.3) is 0 Å². The van der Waals surface area contributed by atoms with Gasteiger partial charge in [-0.25, -0.2) is 14.2 Å². The van der Waals surface area contributed by atoms with Crippen LogP contribution in [0.5, 0.6) is 0 Å². The van der Waals surface area contributed by atoms with Gasteiger partial charge in [0, 0.05) is 20.0 Å². The van der Waals surface area contributed by atoms with Gasteiger partial charge in [0.15, 0.2) is 0 Å². The summed E-state index contributed by atoms with van der Waals surface area (Å²) in [6, 6.07) is 4.57. The number of ether oxygens (including phenoxy) is 2. The topological polar surface area (TPSA) is 82.6 Å². The molecule has 2 heterocycles. The molecule has 2 aliphatic rings. The van der Waals surface area contributed by atoms with Crippen molar-refractivity contribution in [3.05, 3.63) is 24.0 Å². The van der Waals surface area contributed by atoms with Crippen LogP contribution in [-0.2, 0) is 14.3 Å². The first kappa shape index (κ1) is 17.4. The fourth-order valence-corrected chi connectivity index (χ4v) is 2.87. The van der Waals surface area contributed by atoms with E-state index >= 15 is 0 Å². The second kappa shape index (κ2) is 7.24. The third-order valence-electron chi connectivity index (χ3n) is 4.21. The zero-order valence-electron chi connectivity index (χ0n) is 13.9. The van der Waals surface area contributed by atoms with E-state index in [1.54, 1.807) is 12.1 Å². The minimum atomic E-state index is -0.677. The summed E-state index contributed by atoms with van der Waals surface area (Å²) in [7, 11) is 0. The summed E-state index contributed by atoms with van der Waals surface area (Å²) in [5, 5.41) is 9.94. The van der Waals surface area contributed by atoms with E-state index in [0.29, 0.717) is 42.7 Å². The van der Waals surface area contributed by atoms with E-state index in [1.807, 2.05) is 4.90 Å². The summed E-state index contributed by atoms with van der Waals surface area (Å²) in [4.78, 5) is 26.2. The fourth-order valence-electron chi connectivity index (χ4n) is 2.87. The molecule has 0 aliphatic carbocycles. The van der Waals surface area contributed by atoms with Crippen molar-refractivity contribution in [2.45, 2.75) is 13.0 Å². The maximum atomic E-state index is 14.5. The molecule has 0 aromatic heterocycles. The first-order chi connectivity index (χ1) is 12.0. The molecule has 2 saturated heterocycles. The van der Waals surface area contributed by atoms with E-state index in [4.69, 9.17) is 9.47 Å². The smallest absolute Gasteiger partial charge is 0.414 e. The highest BCUT2D eigenvalue weighted by Gasteiger charge is 2.34. The van der Waals surface area contributed by atoms with Crippen molar-refractivity contribution in [3.8, 4) is 0 Å². The van der Waals surface area contributed by atoms with Gasteiger partial charge >= 0.3 is 6.09 Å². The summed E-state index contributed by atoms with van der Waals surface area (Å²) in [6.45, 7) is 3.52. The van der Waals surface area contributed by atoms with Crippen LogP contribution in [-0.4, -0.2) is 67.8 Å². The van der Waals surface area contributed by atoms with E-state index in [2.05, 4.69) is 0 Å². The molecule has 9 heteroatoms. The Labute approximate surface area is 144 Å². The lowest BCUT2D eigenvalue weighted by molar-refractivity contribution is -0.166. The second-order valence-corrected chi connectivity index (χ2v) is 5.95. The van der Waals surface area contributed by atoms with E-state index in [9.17, 15) is 19.2 Å². The molecule has 1 aromatic carbocycles. The molecule has 0 unspecified atom stereocenters. The first-order valence-electron chi connectivity index (χ1n) is 8.03. The zero-order valence-corrected chi connectivity index (χ0v) is 13.9. The van der Waals surface area contributed by atoms with E-state index in [0.717, 1.165) is 0 Å². The van der Waals surface area contributed by atoms with Crippen LogP contribution in [0.4, 0.5) is 20.6 Å². The quantitative estimate of drug-likeness (QED) is 0.648. The van der Waals surface area contributed by atoms with Crippen molar-refractivity contribution < 1.29 is 28.7 Å². The Morgan fingerprint density at radius 1 is 1.40 bits per heavy atom. The number of cyclic esters (lactones) is 1. The molecule has 8 nitrogen and oxygen atoms in total. The summed E-state index contributed by atoms with van der Waals surface area (Å²) >= 11 is 0. The molecule has 0 spiro atoms. The summed E-state index contributed by atoms with van der Waals surface area (Å²) in [6.07, 6.45) is -1.32. The number of hydrogen-bond acceptors (Lipinski definition) is 6. The largest absolute Gasteiger partial charge is 0.442 e. The van der Waals surface area contributed by atoms with Crippen molar-refractivity contribution in [1.82, 2.24) is 5.06 Å². The Hall–Kier alpha value is -2.39. The second-order valence-electron chi connectivity index (χ2n) is 5.95. The highest BCUT2D eigenvalue weighted by Crippen LogP contribution is 2.28. The van der Waals surface area contributed by atoms with Gasteiger partial charge < -0.3 is 14.4 Å². The molecule has 1 aromatic rings. The number of halogens is 1. The van der Waals surface area contributed by atoms with Crippen molar-refractivity contribution in [1.29, 1.82) is 0 Å². The Bertz CT molecular complexity index is 665. The van der Waals surface area contributed by atoms with Gasteiger partial charge in [-0.15, -0.1) is 0 Å². The van der Waals surface area contributed by atoms with E-state index in [-0.39, 0.29) is 13.1 Å². The lowest BCUT2D eigenvalue weighted by Gasteiger charge is -2.29. The van der Waals surface area contributed by atoms with E-state index in [1.165, 1.54) is 17.9 Å². The Balaban J connectivity index is 1.70. The van der Waals surface area contributed by atoms with Crippen LogP contribution in [0.1, 0.15) is 6.92 Å². The number of carbonyl (C=O) groups is 2. The summed E-state index contributed by atoms with van der Waals surface area (Å²) in [5.41, 5.74) is 0.837. The van der Waals surface area contributed by atoms with Gasteiger partial charge in [0.05, 0.1) is 37.7 Å². The van der Waals surface area contributed by atoms with Crippen LogP contribution < -0.4 is 9.80 Å². The van der Waals surface area contributed by atoms with Crippen LogP contribution >= 0.6 is 0 Å². The zero-order chi connectivity index (χ0) is 18.0. The minimum absolute atomic E-state index is 0.125. The summed E-state index contributed by atoms with van der Waals surface area (Å²) in [5.74, 6) is -0.974. The average Bonchev–Trinajstić information content (AvgIpc) is 2.95. The predicted molar refractivity (Wildman–Crippen MR) is 86.2 cm³/mol. The van der Waals surface area contributed by atoms with Crippen LogP contribution in [0.3, 0.4) is 0 Å². The van der Waals surface area contributed by atoms with Gasteiger partial charge in [0.2, 0.25) is 5.91 Å². The lowest BCUT2D eigenvalue weighted by Crippen LogP contribution is -2.37. The van der Waals surface area contributed by atoms with Crippen LogP contribution in [0.25, 0.3) is 0 Å². The number of rotatable bonds is 4. The SMILES string of the molecule is CC(=O)N(O)C[C@H]1CN(c2ccc(N3CCOCC3)c(F)c2)C(=O)O1. The molecule has 136 valence electrons. The van der Waals surface area contributed by atoms with Gasteiger partial charge in [-0.1, -0.05) is 0 Å². The van der Waals surface area contributed by atoms with Gasteiger partial charge in [0.1, 0.15) is 11.9 Å². The molecule has 1 N–H and O–H groups in total. The van der Waals surface area contributed by atoms with Gasteiger partial charge in [-0.05, 0) is 18.2 Å². The van der Waals surface area contributed by atoms with E-state index < -0.39 is 23.9 Å². The van der Waals surface area contributed by atoms with Crippen molar-refractivity contribution in [2.24, 2.45) is 0 Å². The standard InChI is InChI=1S/C16H20FN3O5/c1-11(21)20(23)10-13-9-19(16(22)25-13)12-2-3-15(14(17)8-12)18-4-6-24-7-5-18/h2-3,8,13,23H,4-7,9-10H2,1H3/t13-/m1/s1. The molecule has 1 atom stereocenters. The molecular weight excluding hydrogens is 333 g/mol. The molecule has 25 heavy (non-hydrogen) atoms. The number of hydrogen-bond donors (Lipinski definition) is 1. The Kier molecular flexibility index (Phi) is 5.05. The van der Waals surface area contributed by atoms with Crippen LogP contribution in [0.2, 0.25) is 0 Å². The fraction of sp³-hybridized carbons (Fsp3) is 0.500. The van der Waals surface area contributed by atoms with Crippen molar-refractivity contribution in [3.63, 3.8) is 0 Å². The highest BCUT2D eigenvalue weighted by molar-refractivity contribution is 5.90. The monoisotopic (exact) mass is 353 g/mol. The number of benzene rings is 1. The average molecular weight is 353 g/mol. The molecule has 0 radical (unpaired) electrons. The molecule has 2 amide bonds. The number of carbonyl (C=O) groups excluding carboxylic acids is 2. The Morgan fingerprint density at radius 2 is 2.12 bits per heavy atom. The van der Waals surface area contributed by atoms with Gasteiger partial charge in [-0.2, -0.15) is 0 Å². The normalized spacial score (nSPS) is 20.6. The molecule has 0 saturated carbocycles. The maximum absolute atomic E-state index is 14.5. The van der Waals surface area contributed by atoms with Crippen LogP contribution in [0.15, 0.2) is 18.2 Å². The third-order valence-corrected chi connectivity index (χ3v) is 4.21. The number of amides is 2. The highest BCUT2D eigenvalue weighted by atomic mass is 19.1. The lowest BCUT2D eigenvalue weighted by atomic mass is 10.2. The Morgan fingerprint density at radius 3 is 2.76 bits per heavy atom. The predicted octanol–water partition coefficient (Wildman–Crippen LogP) is 1.23. The third kappa shape index (κ3) is 3.83. The number of morpholine rings is 1. The van der Waals surface area contributed by atoms with Crippen molar-refractivity contribution >= 4 is 23.4 Å².